The number of hydrogen-bond acceptors (Lipinski definition) is 1. The van der Waals surface area contributed by atoms with Crippen molar-refractivity contribution in [1.29, 1.82) is 0 Å². The molecule has 0 bridgehead atoms. The number of aromatic nitrogens is 2. The number of fused-ring (bicyclic) bond motifs is 1. The third-order valence-corrected chi connectivity index (χ3v) is 1.83. The summed E-state index contributed by atoms with van der Waals surface area (Å²) in [7, 11) is 0. The van der Waals surface area contributed by atoms with E-state index >= 15 is 0 Å². The molecule has 0 aliphatic heterocycles. The van der Waals surface area contributed by atoms with Crippen LogP contribution in [0.5, 0.6) is 0 Å². The summed E-state index contributed by atoms with van der Waals surface area (Å²) in [5.41, 5.74) is 3.45. The van der Waals surface area contributed by atoms with Gasteiger partial charge in [0.1, 0.15) is 5.65 Å². The zero-order valence-corrected chi connectivity index (χ0v) is 10.7. The molecule has 2 aromatic rings. The molecule has 2 heteroatoms. The van der Waals surface area contributed by atoms with Crippen molar-refractivity contribution in [3.63, 3.8) is 0 Å². The maximum atomic E-state index is 4.26. The fourth-order valence-corrected chi connectivity index (χ4v) is 1.21. The van der Waals surface area contributed by atoms with Crippen molar-refractivity contribution in [3.8, 4) is 0 Å². The largest absolute Gasteiger partial charge is 0.306 e. The second kappa shape index (κ2) is 7.04. The van der Waals surface area contributed by atoms with E-state index in [1.807, 2.05) is 46.9 Å². The standard InChI is InChI=1S/C9H10N2.2C2H6/c1-7-5-10-9-4-3-8(2)11(9)6-7;2*1-2/h3-6H,1-2H3;2*1-2H3. The van der Waals surface area contributed by atoms with Crippen LogP contribution >= 0.6 is 0 Å². The molecule has 0 radical (unpaired) electrons. The van der Waals surface area contributed by atoms with Gasteiger partial charge in [0.05, 0.1) is 0 Å². The summed E-state index contributed by atoms with van der Waals surface area (Å²) in [5, 5.41) is 0. The predicted octanol–water partition coefficient (Wildman–Crippen LogP) is 4.00. The molecule has 2 nitrogen and oxygen atoms in total. The van der Waals surface area contributed by atoms with Crippen LogP contribution in [0, 0.1) is 13.8 Å². The van der Waals surface area contributed by atoms with Gasteiger partial charge in [-0.3, -0.25) is 0 Å². The summed E-state index contributed by atoms with van der Waals surface area (Å²) in [6.07, 6.45) is 3.98. The van der Waals surface area contributed by atoms with Gasteiger partial charge in [-0.1, -0.05) is 27.7 Å². The van der Waals surface area contributed by atoms with Crippen LogP contribution in [0.2, 0.25) is 0 Å². The van der Waals surface area contributed by atoms with Crippen LogP contribution in [-0.4, -0.2) is 9.38 Å². The van der Waals surface area contributed by atoms with Crippen molar-refractivity contribution in [1.82, 2.24) is 9.38 Å². The van der Waals surface area contributed by atoms with Crippen molar-refractivity contribution in [2.45, 2.75) is 41.5 Å². The van der Waals surface area contributed by atoms with Gasteiger partial charge >= 0.3 is 0 Å². The van der Waals surface area contributed by atoms with Gasteiger partial charge in [-0.15, -0.1) is 0 Å². The Labute approximate surface area is 93.0 Å². The van der Waals surface area contributed by atoms with Gasteiger partial charge in [-0.25, -0.2) is 4.98 Å². The van der Waals surface area contributed by atoms with Crippen LogP contribution in [0.15, 0.2) is 24.5 Å². The number of rotatable bonds is 0. The van der Waals surface area contributed by atoms with E-state index in [2.05, 4.69) is 28.6 Å². The van der Waals surface area contributed by atoms with Crippen LogP contribution < -0.4 is 0 Å². The maximum absolute atomic E-state index is 4.26. The molecule has 0 aromatic carbocycles. The van der Waals surface area contributed by atoms with E-state index in [9.17, 15) is 0 Å². The topological polar surface area (TPSA) is 17.3 Å². The fourth-order valence-electron chi connectivity index (χ4n) is 1.21. The van der Waals surface area contributed by atoms with Gasteiger partial charge in [0.15, 0.2) is 0 Å². The van der Waals surface area contributed by atoms with Crippen molar-refractivity contribution in [2.75, 3.05) is 0 Å². The van der Waals surface area contributed by atoms with E-state index in [-0.39, 0.29) is 0 Å². The Morgan fingerprint density at radius 1 is 1.00 bits per heavy atom. The molecular formula is C13H22N2. The summed E-state index contributed by atoms with van der Waals surface area (Å²) in [6.45, 7) is 12.1. The van der Waals surface area contributed by atoms with E-state index in [4.69, 9.17) is 0 Å². The summed E-state index contributed by atoms with van der Waals surface area (Å²) in [5.74, 6) is 0. The minimum atomic E-state index is 1.02. The average molecular weight is 206 g/mol. The molecule has 0 unspecified atom stereocenters. The van der Waals surface area contributed by atoms with Gasteiger partial charge in [-0.2, -0.15) is 0 Å². The van der Waals surface area contributed by atoms with E-state index in [1.165, 1.54) is 11.3 Å². The molecule has 0 N–H and O–H groups in total. The second-order valence-electron chi connectivity index (χ2n) is 2.83. The molecule has 0 aliphatic rings. The molecule has 15 heavy (non-hydrogen) atoms. The fraction of sp³-hybridized carbons (Fsp3) is 0.462. The molecule has 2 aromatic heterocycles. The molecule has 0 atom stereocenters. The number of nitrogens with zero attached hydrogens (tertiary/aromatic N) is 2. The molecule has 0 saturated carbocycles. The van der Waals surface area contributed by atoms with Gasteiger partial charge in [0.25, 0.3) is 0 Å². The quantitative estimate of drug-likeness (QED) is 0.636. The van der Waals surface area contributed by atoms with E-state index < -0.39 is 0 Å². The Morgan fingerprint density at radius 2 is 1.60 bits per heavy atom. The Hall–Kier alpha value is -1.31. The van der Waals surface area contributed by atoms with Crippen LogP contribution in [0.1, 0.15) is 39.0 Å². The van der Waals surface area contributed by atoms with Gasteiger partial charge in [0.2, 0.25) is 0 Å². The van der Waals surface area contributed by atoms with E-state index in [0.29, 0.717) is 0 Å². The molecule has 0 fully saturated rings. The Kier molecular flexibility index (Phi) is 6.43. The monoisotopic (exact) mass is 206 g/mol. The zero-order valence-electron chi connectivity index (χ0n) is 10.7. The lowest BCUT2D eigenvalue weighted by Crippen LogP contribution is -1.89. The lowest BCUT2D eigenvalue weighted by Gasteiger charge is -1.97. The summed E-state index contributed by atoms with van der Waals surface area (Å²) >= 11 is 0. The van der Waals surface area contributed by atoms with Crippen LogP contribution in [0.4, 0.5) is 0 Å². The Bertz CT molecular complexity index is 388. The smallest absolute Gasteiger partial charge is 0.136 e. The zero-order chi connectivity index (χ0) is 11.8. The lowest BCUT2D eigenvalue weighted by molar-refractivity contribution is 1.05. The molecule has 2 rings (SSSR count). The van der Waals surface area contributed by atoms with Crippen molar-refractivity contribution < 1.29 is 0 Å². The highest BCUT2D eigenvalue weighted by Crippen LogP contribution is 2.06. The Morgan fingerprint density at radius 3 is 2.20 bits per heavy atom. The molecular weight excluding hydrogens is 184 g/mol. The third-order valence-electron chi connectivity index (χ3n) is 1.83. The highest BCUT2D eigenvalue weighted by molar-refractivity contribution is 5.41. The first-order valence-corrected chi connectivity index (χ1v) is 5.68. The molecule has 0 spiro atoms. The van der Waals surface area contributed by atoms with Gasteiger partial charge in [-0.05, 0) is 31.5 Å². The van der Waals surface area contributed by atoms with E-state index in [1.54, 1.807) is 0 Å². The van der Waals surface area contributed by atoms with E-state index in [0.717, 1.165) is 5.65 Å². The van der Waals surface area contributed by atoms with Crippen molar-refractivity contribution in [3.05, 3.63) is 35.8 Å². The van der Waals surface area contributed by atoms with Crippen LogP contribution in [0.25, 0.3) is 5.65 Å². The number of aryl methyl sites for hydroxylation is 2. The minimum absolute atomic E-state index is 1.02. The first kappa shape index (κ1) is 13.7. The summed E-state index contributed by atoms with van der Waals surface area (Å²) in [6, 6.07) is 4.09. The summed E-state index contributed by atoms with van der Waals surface area (Å²) in [4.78, 5) is 4.26. The predicted molar refractivity (Wildman–Crippen MR) is 67.4 cm³/mol. The minimum Gasteiger partial charge on any atom is -0.306 e. The molecule has 2 heterocycles. The molecule has 0 saturated heterocycles. The summed E-state index contributed by atoms with van der Waals surface area (Å²) < 4.78 is 2.09. The third kappa shape index (κ3) is 3.39. The normalized spacial score (nSPS) is 8.67. The maximum Gasteiger partial charge on any atom is 0.136 e. The van der Waals surface area contributed by atoms with Gasteiger partial charge in [0, 0.05) is 18.1 Å². The molecule has 0 aliphatic carbocycles. The second-order valence-corrected chi connectivity index (χ2v) is 2.83. The Balaban J connectivity index is 0.000000442. The highest BCUT2D eigenvalue weighted by Gasteiger charge is 1.95. The SMILES string of the molecule is CC.CC.Cc1cnc2ccc(C)n2c1. The van der Waals surface area contributed by atoms with Gasteiger partial charge < -0.3 is 4.40 Å². The first-order chi connectivity index (χ1) is 7.27. The van der Waals surface area contributed by atoms with Crippen molar-refractivity contribution >= 4 is 5.65 Å². The van der Waals surface area contributed by atoms with Crippen LogP contribution in [-0.2, 0) is 0 Å². The lowest BCUT2D eigenvalue weighted by atomic mass is 10.4. The highest BCUT2D eigenvalue weighted by atomic mass is 15.0. The average Bonchev–Trinajstić information content (AvgIpc) is 2.66. The molecule has 0 amide bonds. The first-order valence-electron chi connectivity index (χ1n) is 5.68. The van der Waals surface area contributed by atoms with Crippen LogP contribution in [0.3, 0.4) is 0 Å². The number of hydrogen-bond donors (Lipinski definition) is 0. The molecule has 84 valence electrons. The van der Waals surface area contributed by atoms with Crippen molar-refractivity contribution in [2.24, 2.45) is 0 Å².